The molecule has 0 amide bonds. The SMILES string of the molecule is CN(c1nc(-c2ccnc3[nH]c4ccccc4c23)nc2cncc(C3CCC3)c12)C1CCCNCC1. The van der Waals surface area contributed by atoms with E-state index in [1.165, 1.54) is 36.6 Å². The molecule has 1 aliphatic heterocycles. The summed E-state index contributed by atoms with van der Waals surface area (Å²) in [6.07, 6.45) is 13.0. The van der Waals surface area contributed by atoms with Gasteiger partial charge in [0.1, 0.15) is 11.5 Å². The lowest BCUT2D eigenvalue weighted by Crippen LogP contribution is -2.33. The van der Waals surface area contributed by atoms with Crippen LogP contribution in [0.3, 0.4) is 0 Å². The van der Waals surface area contributed by atoms with Gasteiger partial charge in [0.05, 0.1) is 11.7 Å². The highest BCUT2D eigenvalue weighted by atomic mass is 15.2. The van der Waals surface area contributed by atoms with Gasteiger partial charge in [-0.05, 0) is 68.8 Å². The molecule has 0 bridgehead atoms. The van der Waals surface area contributed by atoms with Crippen molar-refractivity contribution in [1.82, 2.24) is 30.2 Å². The van der Waals surface area contributed by atoms with Crippen molar-refractivity contribution in [2.75, 3.05) is 25.0 Å². The summed E-state index contributed by atoms with van der Waals surface area (Å²) >= 11 is 0. The maximum Gasteiger partial charge on any atom is 0.163 e. The average molecular weight is 478 g/mol. The molecule has 7 rings (SSSR count). The van der Waals surface area contributed by atoms with E-state index in [0.29, 0.717) is 12.0 Å². The number of nitrogens with one attached hydrogen (secondary N) is 2. The van der Waals surface area contributed by atoms with Crippen LogP contribution < -0.4 is 10.2 Å². The Morgan fingerprint density at radius 2 is 1.83 bits per heavy atom. The number of rotatable bonds is 4. The van der Waals surface area contributed by atoms with E-state index in [9.17, 15) is 0 Å². The second-order valence-corrected chi connectivity index (χ2v) is 10.3. The summed E-state index contributed by atoms with van der Waals surface area (Å²) in [5.74, 6) is 2.33. The van der Waals surface area contributed by atoms with Gasteiger partial charge in [-0.1, -0.05) is 24.6 Å². The number of H-pyrrole nitrogens is 1. The smallest absolute Gasteiger partial charge is 0.163 e. The Morgan fingerprint density at radius 3 is 2.72 bits per heavy atom. The number of hydrogen-bond donors (Lipinski definition) is 2. The number of aromatic amines is 1. The predicted molar refractivity (Wildman–Crippen MR) is 145 cm³/mol. The number of benzene rings is 1. The summed E-state index contributed by atoms with van der Waals surface area (Å²) in [4.78, 5) is 25.6. The van der Waals surface area contributed by atoms with E-state index in [2.05, 4.69) is 56.6 Å². The summed E-state index contributed by atoms with van der Waals surface area (Å²) in [5, 5.41) is 6.96. The summed E-state index contributed by atoms with van der Waals surface area (Å²) in [5.41, 5.74) is 5.19. The molecule has 1 saturated heterocycles. The highest BCUT2D eigenvalue weighted by Crippen LogP contribution is 2.43. The van der Waals surface area contributed by atoms with Crippen molar-refractivity contribution in [3.05, 3.63) is 54.5 Å². The molecule has 5 heterocycles. The van der Waals surface area contributed by atoms with Crippen molar-refractivity contribution >= 4 is 38.7 Å². The fraction of sp³-hybridized carbons (Fsp3) is 0.379. The second-order valence-electron chi connectivity index (χ2n) is 10.3. The number of hydrogen-bond acceptors (Lipinski definition) is 6. The van der Waals surface area contributed by atoms with Crippen molar-refractivity contribution in [3.63, 3.8) is 0 Å². The lowest BCUT2D eigenvalue weighted by molar-refractivity contribution is 0.421. The van der Waals surface area contributed by atoms with Gasteiger partial charge in [-0.25, -0.2) is 15.0 Å². The second kappa shape index (κ2) is 8.82. The first-order valence-corrected chi connectivity index (χ1v) is 13.2. The van der Waals surface area contributed by atoms with Crippen molar-refractivity contribution in [2.45, 2.75) is 50.5 Å². The zero-order valence-corrected chi connectivity index (χ0v) is 20.7. The van der Waals surface area contributed by atoms with Crippen molar-refractivity contribution in [3.8, 4) is 11.4 Å². The van der Waals surface area contributed by atoms with Crippen molar-refractivity contribution in [1.29, 1.82) is 0 Å². The molecule has 1 unspecified atom stereocenters. The first-order valence-electron chi connectivity index (χ1n) is 13.2. The third kappa shape index (κ3) is 3.53. The molecule has 2 fully saturated rings. The quantitative estimate of drug-likeness (QED) is 0.352. The molecule has 7 heteroatoms. The van der Waals surface area contributed by atoms with Gasteiger partial charge in [0.15, 0.2) is 5.82 Å². The third-order valence-electron chi connectivity index (χ3n) is 8.23. The molecule has 182 valence electrons. The summed E-state index contributed by atoms with van der Waals surface area (Å²) in [7, 11) is 2.22. The van der Waals surface area contributed by atoms with Gasteiger partial charge in [-0.3, -0.25) is 4.98 Å². The normalized spacial score (nSPS) is 19.0. The lowest BCUT2D eigenvalue weighted by Gasteiger charge is -2.32. The van der Waals surface area contributed by atoms with E-state index in [1.807, 2.05) is 24.5 Å². The van der Waals surface area contributed by atoms with E-state index < -0.39 is 0 Å². The average Bonchev–Trinajstić information content (AvgIpc) is 3.05. The van der Waals surface area contributed by atoms with Crippen molar-refractivity contribution in [2.24, 2.45) is 0 Å². The van der Waals surface area contributed by atoms with E-state index in [4.69, 9.17) is 9.97 Å². The van der Waals surface area contributed by atoms with Gasteiger partial charge in [-0.2, -0.15) is 0 Å². The molecular weight excluding hydrogens is 446 g/mol. The monoisotopic (exact) mass is 477 g/mol. The van der Waals surface area contributed by atoms with E-state index in [0.717, 1.165) is 70.6 Å². The van der Waals surface area contributed by atoms with Gasteiger partial charge < -0.3 is 15.2 Å². The van der Waals surface area contributed by atoms with Crippen LogP contribution in [-0.2, 0) is 0 Å². The largest absolute Gasteiger partial charge is 0.356 e. The van der Waals surface area contributed by atoms with Crippen LogP contribution in [0.15, 0.2) is 48.9 Å². The molecular formula is C29H31N7. The van der Waals surface area contributed by atoms with Crippen molar-refractivity contribution < 1.29 is 0 Å². The van der Waals surface area contributed by atoms with Crippen LogP contribution in [-0.4, -0.2) is 51.1 Å². The van der Waals surface area contributed by atoms with Crippen LogP contribution in [0.5, 0.6) is 0 Å². The molecule has 2 aliphatic rings. The first-order chi connectivity index (χ1) is 17.8. The number of fused-ring (bicyclic) bond motifs is 4. The highest BCUT2D eigenvalue weighted by molar-refractivity contribution is 6.12. The van der Waals surface area contributed by atoms with E-state index >= 15 is 0 Å². The van der Waals surface area contributed by atoms with Gasteiger partial charge >= 0.3 is 0 Å². The molecule has 1 saturated carbocycles. The molecule has 1 aromatic carbocycles. The number of anilines is 1. The molecule has 36 heavy (non-hydrogen) atoms. The zero-order chi connectivity index (χ0) is 24.1. The predicted octanol–water partition coefficient (Wildman–Crippen LogP) is 5.57. The van der Waals surface area contributed by atoms with Crippen LogP contribution in [0, 0.1) is 0 Å². The number of pyridine rings is 2. The van der Waals surface area contributed by atoms with Crippen LogP contribution in [0.2, 0.25) is 0 Å². The van der Waals surface area contributed by atoms with Crippen LogP contribution in [0.25, 0.3) is 44.2 Å². The molecule has 0 radical (unpaired) electrons. The van der Waals surface area contributed by atoms with Crippen LogP contribution in [0.1, 0.15) is 50.0 Å². The maximum absolute atomic E-state index is 5.34. The van der Waals surface area contributed by atoms with Gasteiger partial charge in [-0.15, -0.1) is 0 Å². The minimum absolute atomic E-state index is 0.443. The Kier molecular flexibility index (Phi) is 5.31. The summed E-state index contributed by atoms with van der Waals surface area (Å²) < 4.78 is 0. The minimum atomic E-state index is 0.443. The molecule has 0 spiro atoms. The third-order valence-corrected chi connectivity index (χ3v) is 8.23. The zero-order valence-electron chi connectivity index (χ0n) is 20.7. The van der Waals surface area contributed by atoms with E-state index in [-0.39, 0.29) is 0 Å². The summed E-state index contributed by atoms with van der Waals surface area (Å²) in [6.45, 7) is 2.13. The maximum atomic E-state index is 5.34. The molecule has 5 aromatic rings. The van der Waals surface area contributed by atoms with Gasteiger partial charge in [0, 0.05) is 52.7 Å². The number of aromatic nitrogens is 5. The van der Waals surface area contributed by atoms with Crippen LogP contribution >= 0.6 is 0 Å². The standard InChI is InChI=1S/C29H31N7/c1-36(19-8-5-13-30-14-11-19)29-26-22(18-6-4-7-18)16-31-17-24(26)34-27(35-29)21-12-15-32-28-25(21)20-9-2-3-10-23(20)33-28/h2-3,9-10,12,15-19,30H,4-8,11,13-14H2,1H3,(H,32,33). The van der Waals surface area contributed by atoms with Gasteiger partial charge in [0.25, 0.3) is 0 Å². The first kappa shape index (κ1) is 21.7. The highest BCUT2D eigenvalue weighted by Gasteiger charge is 2.28. The van der Waals surface area contributed by atoms with Gasteiger partial charge in [0.2, 0.25) is 0 Å². The van der Waals surface area contributed by atoms with Crippen LogP contribution in [0.4, 0.5) is 5.82 Å². The molecule has 2 N–H and O–H groups in total. The van der Waals surface area contributed by atoms with E-state index in [1.54, 1.807) is 0 Å². The molecule has 1 atom stereocenters. The summed E-state index contributed by atoms with van der Waals surface area (Å²) in [6, 6.07) is 10.8. The Hall–Kier alpha value is -3.58. The Bertz CT molecular complexity index is 1560. The Morgan fingerprint density at radius 1 is 0.917 bits per heavy atom. The number of para-hydroxylation sites is 1. The minimum Gasteiger partial charge on any atom is -0.356 e. The Balaban J connectivity index is 1.47. The fourth-order valence-corrected chi connectivity index (χ4v) is 6.01. The molecule has 7 nitrogen and oxygen atoms in total. The Labute approximate surface area is 210 Å². The topological polar surface area (TPSA) is 82.6 Å². The molecule has 1 aliphatic carbocycles. The fourth-order valence-electron chi connectivity index (χ4n) is 6.01. The molecule has 4 aromatic heterocycles. The lowest BCUT2D eigenvalue weighted by atomic mass is 9.79. The number of nitrogens with zero attached hydrogens (tertiary/aromatic N) is 5.